The van der Waals surface area contributed by atoms with Crippen molar-refractivity contribution in [2.45, 2.75) is 49.0 Å². The second-order valence-corrected chi connectivity index (χ2v) is 9.00. The van der Waals surface area contributed by atoms with Gasteiger partial charge in [0.2, 0.25) is 0 Å². The van der Waals surface area contributed by atoms with E-state index in [2.05, 4.69) is 0 Å². The SMILES string of the molecule is CS(=O)(=O)c1cccc(N2CCOC3(CCCCCC3)C2)c1[N+](=O)[O-]. The number of nitrogens with zero attached hydrogens (tertiary/aromatic N) is 2. The normalized spacial score (nSPS) is 21.1. The lowest BCUT2D eigenvalue weighted by atomic mass is 9.92. The number of nitro benzene ring substituents is 1. The fraction of sp³-hybridized carbons (Fsp3) is 0.647. The van der Waals surface area contributed by atoms with Crippen LogP contribution in [0.2, 0.25) is 0 Å². The van der Waals surface area contributed by atoms with E-state index in [-0.39, 0.29) is 16.2 Å². The Bertz CT molecular complexity index is 754. The average Bonchev–Trinajstić information content (AvgIpc) is 2.79. The molecule has 0 radical (unpaired) electrons. The second-order valence-electron chi connectivity index (χ2n) is 7.02. The number of benzene rings is 1. The molecule has 1 aromatic rings. The smallest absolute Gasteiger partial charge is 0.311 e. The average molecular weight is 368 g/mol. The van der Waals surface area contributed by atoms with Crippen molar-refractivity contribution >= 4 is 21.2 Å². The van der Waals surface area contributed by atoms with Crippen molar-refractivity contribution in [2.75, 3.05) is 30.9 Å². The molecule has 138 valence electrons. The van der Waals surface area contributed by atoms with E-state index >= 15 is 0 Å². The Balaban J connectivity index is 1.99. The summed E-state index contributed by atoms with van der Waals surface area (Å²) < 4.78 is 30.1. The lowest BCUT2D eigenvalue weighted by molar-refractivity contribution is -0.387. The molecule has 0 N–H and O–H groups in total. The molecular formula is C17H24N2O5S. The van der Waals surface area contributed by atoms with Crippen molar-refractivity contribution in [3.05, 3.63) is 28.3 Å². The Morgan fingerprint density at radius 1 is 1.20 bits per heavy atom. The first-order valence-corrected chi connectivity index (χ1v) is 10.6. The molecule has 25 heavy (non-hydrogen) atoms. The standard InChI is InChI=1S/C17H24N2O5S/c1-25(22,23)15-8-6-7-14(16(15)19(20)21)18-11-12-24-17(13-18)9-4-2-3-5-10-17/h6-8H,2-5,9-13H2,1H3. The number of hydrogen-bond acceptors (Lipinski definition) is 6. The number of anilines is 1. The zero-order chi connectivity index (χ0) is 18.1. The maximum atomic E-state index is 12.0. The van der Waals surface area contributed by atoms with Crippen LogP contribution in [0, 0.1) is 10.1 Å². The van der Waals surface area contributed by atoms with E-state index in [1.54, 1.807) is 12.1 Å². The number of para-hydroxylation sites is 1. The number of sulfone groups is 1. The van der Waals surface area contributed by atoms with E-state index in [1.807, 2.05) is 4.90 Å². The number of rotatable bonds is 3. The molecule has 0 bridgehead atoms. The summed E-state index contributed by atoms with van der Waals surface area (Å²) in [5, 5.41) is 11.6. The van der Waals surface area contributed by atoms with Crippen molar-refractivity contribution in [3.8, 4) is 0 Å². The molecule has 0 atom stereocenters. The number of hydrogen-bond donors (Lipinski definition) is 0. The van der Waals surface area contributed by atoms with Crippen LogP contribution in [0.4, 0.5) is 11.4 Å². The van der Waals surface area contributed by atoms with Gasteiger partial charge >= 0.3 is 5.69 Å². The Morgan fingerprint density at radius 2 is 1.88 bits per heavy atom. The van der Waals surface area contributed by atoms with Gasteiger partial charge in [0.05, 0.1) is 17.1 Å². The summed E-state index contributed by atoms with van der Waals surface area (Å²) in [7, 11) is -3.68. The molecule has 2 fully saturated rings. The summed E-state index contributed by atoms with van der Waals surface area (Å²) in [4.78, 5) is 12.8. The maximum absolute atomic E-state index is 12.0. The van der Waals surface area contributed by atoms with Gasteiger partial charge in [-0.25, -0.2) is 8.42 Å². The molecule has 8 heteroatoms. The van der Waals surface area contributed by atoms with Crippen molar-refractivity contribution in [1.29, 1.82) is 0 Å². The van der Waals surface area contributed by atoms with Gasteiger partial charge in [0.25, 0.3) is 0 Å². The van der Waals surface area contributed by atoms with Crippen molar-refractivity contribution in [2.24, 2.45) is 0 Å². The van der Waals surface area contributed by atoms with Gasteiger partial charge in [0, 0.05) is 19.3 Å². The van der Waals surface area contributed by atoms with Crippen LogP contribution < -0.4 is 4.90 Å². The monoisotopic (exact) mass is 368 g/mol. The van der Waals surface area contributed by atoms with Crippen LogP contribution in [0.25, 0.3) is 0 Å². The van der Waals surface area contributed by atoms with Gasteiger partial charge in [-0.05, 0) is 25.0 Å². The fourth-order valence-electron chi connectivity index (χ4n) is 3.97. The molecule has 1 aromatic carbocycles. The summed E-state index contributed by atoms with van der Waals surface area (Å²) >= 11 is 0. The van der Waals surface area contributed by atoms with Crippen LogP contribution in [0.1, 0.15) is 38.5 Å². The molecule has 0 aromatic heterocycles. The van der Waals surface area contributed by atoms with Gasteiger partial charge in [-0.2, -0.15) is 0 Å². The van der Waals surface area contributed by atoms with Gasteiger partial charge < -0.3 is 9.64 Å². The third-order valence-electron chi connectivity index (χ3n) is 5.16. The first kappa shape index (κ1) is 18.1. The summed E-state index contributed by atoms with van der Waals surface area (Å²) in [5.41, 5.74) is -0.223. The molecule has 1 spiro atoms. The van der Waals surface area contributed by atoms with E-state index < -0.39 is 14.8 Å². The van der Waals surface area contributed by atoms with E-state index in [0.29, 0.717) is 25.4 Å². The van der Waals surface area contributed by atoms with E-state index in [9.17, 15) is 18.5 Å². The summed E-state index contributed by atoms with van der Waals surface area (Å²) in [6.45, 7) is 1.59. The largest absolute Gasteiger partial charge is 0.371 e. The minimum Gasteiger partial charge on any atom is -0.371 e. The van der Waals surface area contributed by atoms with Crippen LogP contribution in [0.5, 0.6) is 0 Å². The van der Waals surface area contributed by atoms with Crippen molar-refractivity contribution < 1.29 is 18.1 Å². The zero-order valence-electron chi connectivity index (χ0n) is 14.4. The first-order valence-electron chi connectivity index (χ1n) is 8.69. The first-order chi connectivity index (χ1) is 11.8. The number of ether oxygens (including phenoxy) is 1. The highest BCUT2D eigenvalue weighted by Gasteiger charge is 2.39. The maximum Gasteiger partial charge on any atom is 0.311 e. The summed E-state index contributed by atoms with van der Waals surface area (Å²) in [5.74, 6) is 0. The molecule has 1 heterocycles. The molecular weight excluding hydrogens is 344 g/mol. The van der Waals surface area contributed by atoms with Crippen molar-refractivity contribution in [1.82, 2.24) is 0 Å². The Hall–Kier alpha value is -1.67. The molecule has 2 aliphatic rings. The molecule has 7 nitrogen and oxygen atoms in total. The highest BCUT2D eigenvalue weighted by atomic mass is 32.2. The summed E-state index contributed by atoms with van der Waals surface area (Å²) in [6, 6.07) is 4.52. The van der Waals surface area contributed by atoms with Gasteiger partial charge in [0.15, 0.2) is 9.84 Å². The third-order valence-corrected chi connectivity index (χ3v) is 6.29. The number of morpholine rings is 1. The lowest BCUT2D eigenvalue weighted by Crippen LogP contribution is -2.52. The zero-order valence-corrected chi connectivity index (χ0v) is 15.3. The molecule has 3 rings (SSSR count). The van der Waals surface area contributed by atoms with E-state index in [0.717, 1.165) is 31.9 Å². The van der Waals surface area contributed by atoms with Crippen LogP contribution in [-0.4, -0.2) is 44.9 Å². The van der Waals surface area contributed by atoms with Gasteiger partial charge in [-0.15, -0.1) is 0 Å². The molecule has 1 saturated heterocycles. The van der Waals surface area contributed by atoms with E-state index in [4.69, 9.17) is 4.74 Å². The molecule has 1 aliphatic carbocycles. The van der Waals surface area contributed by atoms with Crippen LogP contribution in [-0.2, 0) is 14.6 Å². The van der Waals surface area contributed by atoms with Crippen LogP contribution in [0.15, 0.2) is 23.1 Å². The molecule has 0 amide bonds. The Labute approximate surface area is 148 Å². The van der Waals surface area contributed by atoms with E-state index in [1.165, 1.54) is 18.9 Å². The topological polar surface area (TPSA) is 89.8 Å². The van der Waals surface area contributed by atoms with Gasteiger partial charge in [-0.3, -0.25) is 10.1 Å². The molecule has 0 unspecified atom stereocenters. The second kappa shape index (κ2) is 6.92. The third kappa shape index (κ3) is 3.79. The minimum absolute atomic E-state index is 0.226. The van der Waals surface area contributed by atoms with Crippen LogP contribution >= 0.6 is 0 Å². The lowest BCUT2D eigenvalue weighted by Gasteiger charge is -2.43. The highest BCUT2D eigenvalue weighted by molar-refractivity contribution is 7.90. The molecule has 1 aliphatic heterocycles. The highest BCUT2D eigenvalue weighted by Crippen LogP contribution is 2.39. The predicted molar refractivity (Wildman–Crippen MR) is 94.8 cm³/mol. The van der Waals surface area contributed by atoms with Crippen LogP contribution in [0.3, 0.4) is 0 Å². The quantitative estimate of drug-likeness (QED) is 0.602. The fourth-order valence-corrected chi connectivity index (χ4v) is 4.83. The predicted octanol–water partition coefficient (Wildman–Crippen LogP) is 2.93. The van der Waals surface area contributed by atoms with Gasteiger partial charge in [-0.1, -0.05) is 31.7 Å². The Kier molecular flexibility index (Phi) is 5.02. The summed E-state index contributed by atoms with van der Waals surface area (Å²) in [6.07, 6.45) is 7.47. The Morgan fingerprint density at radius 3 is 2.48 bits per heavy atom. The molecule has 1 saturated carbocycles. The van der Waals surface area contributed by atoms with Crippen molar-refractivity contribution in [3.63, 3.8) is 0 Å². The number of nitro groups is 1. The minimum atomic E-state index is -3.68. The van der Waals surface area contributed by atoms with Gasteiger partial charge in [0.1, 0.15) is 10.6 Å².